The van der Waals surface area contributed by atoms with Gasteiger partial charge in [0.05, 0.1) is 29.5 Å². The molecule has 4 N–H and O–H groups in total. The summed E-state index contributed by atoms with van der Waals surface area (Å²) >= 11 is 0. The van der Waals surface area contributed by atoms with Crippen molar-refractivity contribution in [1.29, 1.82) is 0 Å². The molecule has 2 aliphatic heterocycles. The van der Waals surface area contributed by atoms with Crippen LogP contribution in [0.15, 0.2) is 49.1 Å². The first-order chi connectivity index (χ1) is 15.7. The van der Waals surface area contributed by atoms with Gasteiger partial charge in [-0.3, -0.25) is 14.6 Å². The number of rotatable bonds is 6. The van der Waals surface area contributed by atoms with Crippen molar-refractivity contribution < 1.29 is 19.8 Å². The summed E-state index contributed by atoms with van der Waals surface area (Å²) in [6, 6.07) is 7.12. The lowest BCUT2D eigenvalue weighted by Gasteiger charge is -2.34. The van der Waals surface area contributed by atoms with E-state index in [9.17, 15) is 19.8 Å². The molecule has 3 heterocycles. The smallest absolute Gasteiger partial charge is 0.255 e. The lowest BCUT2D eigenvalue weighted by molar-refractivity contribution is -0.157. The minimum Gasteiger partial charge on any atom is -0.380 e. The highest BCUT2D eigenvalue weighted by molar-refractivity contribution is 5.91. The summed E-state index contributed by atoms with van der Waals surface area (Å²) in [5, 5.41) is 25.5. The van der Waals surface area contributed by atoms with Gasteiger partial charge in [-0.2, -0.15) is 0 Å². The van der Waals surface area contributed by atoms with Crippen LogP contribution < -0.4 is 15.8 Å². The van der Waals surface area contributed by atoms with E-state index in [0.717, 1.165) is 23.4 Å². The average molecular weight is 453 g/mol. The highest BCUT2D eigenvalue weighted by atomic mass is 16.3. The SMILES string of the molecule is C[C@@H](NC(=O)[C@H](O)[C@@H](O)C(=O)N1Cc2cncnc2C1(C)C)c1ccc(N2C=CCN2)cc1. The number of aliphatic hydroxyl groups is 2. The van der Waals surface area contributed by atoms with Crippen LogP contribution in [0.3, 0.4) is 0 Å². The monoisotopic (exact) mass is 452 g/mol. The summed E-state index contributed by atoms with van der Waals surface area (Å²) in [6.45, 7) is 6.31. The highest BCUT2D eigenvalue weighted by Gasteiger charge is 2.45. The summed E-state index contributed by atoms with van der Waals surface area (Å²) in [7, 11) is 0. The first kappa shape index (κ1) is 22.8. The molecule has 2 aromatic rings. The second kappa shape index (κ2) is 8.89. The quantitative estimate of drug-likeness (QED) is 0.498. The van der Waals surface area contributed by atoms with Crippen molar-refractivity contribution in [1.82, 2.24) is 25.6 Å². The molecule has 2 amide bonds. The Morgan fingerprint density at radius 1 is 1.18 bits per heavy atom. The van der Waals surface area contributed by atoms with Crippen molar-refractivity contribution in [2.45, 2.75) is 51.1 Å². The molecule has 0 fully saturated rings. The van der Waals surface area contributed by atoms with Crippen molar-refractivity contribution in [2.75, 3.05) is 11.6 Å². The maximum Gasteiger partial charge on any atom is 0.255 e. The lowest BCUT2D eigenvalue weighted by Crippen LogP contribution is -2.53. The summed E-state index contributed by atoms with van der Waals surface area (Å²) in [6.07, 6.45) is 3.13. The number of anilines is 1. The Labute approximate surface area is 191 Å². The molecule has 0 radical (unpaired) electrons. The van der Waals surface area contributed by atoms with Gasteiger partial charge in [-0.25, -0.2) is 15.4 Å². The Hall–Kier alpha value is -3.34. The number of nitrogens with zero attached hydrogens (tertiary/aromatic N) is 4. The Morgan fingerprint density at radius 2 is 1.91 bits per heavy atom. The number of benzene rings is 1. The van der Waals surface area contributed by atoms with Crippen LogP contribution in [0.1, 0.15) is 43.6 Å². The zero-order valence-electron chi connectivity index (χ0n) is 18.8. The van der Waals surface area contributed by atoms with Crippen molar-refractivity contribution in [3.8, 4) is 0 Å². The molecular weight excluding hydrogens is 424 g/mol. The molecule has 0 aliphatic carbocycles. The zero-order chi connectivity index (χ0) is 23.8. The predicted octanol–water partition coefficient (Wildman–Crippen LogP) is 0.491. The fourth-order valence-corrected chi connectivity index (χ4v) is 4.16. The van der Waals surface area contributed by atoms with E-state index < -0.39 is 35.6 Å². The molecule has 1 aromatic heterocycles. The summed E-state index contributed by atoms with van der Waals surface area (Å²) in [5.41, 5.74) is 5.58. The average Bonchev–Trinajstić information content (AvgIpc) is 3.44. The number of hydrazine groups is 1. The fourth-order valence-electron chi connectivity index (χ4n) is 4.16. The molecule has 0 bridgehead atoms. The molecule has 4 rings (SSSR count). The first-order valence-electron chi connectivity index (χ1n) is 10.8. The van der Waals surface area contributed by atoms with Crippen LogP contribution in [0.25, 0.3) is 0 Å². The van der Waals surface area contributed by atoms with Gasteiger partial charge in [0, 0.05) is 24.5 Å². The van der Waals surface area contributed by atoms with Crippen LogP contribution in [-0.4, -0.2) is 55.6 Å². The Kier molecular flexibility index (Phi) is 6.15. The largest absolute Gasteiger partial charge is 0.380 e. The molecule has 174 valence electrons. The van der Waals surface area contributed by atoms with E-state index in [-0.39, 0.29) is 6.54 Å². The molecule has 0 saturated heterocycles. The van der Waals surface area contributed by atoms with E-state index in [0.29, 0.717) is 5.69 Å². The van der Waals surface area contributed by atoms with Crippen LogP contribution in [0.5, 0.6) is 0 Å². The summed E-state index contributed by atoms with van der Waals surface area (Å²) in [4.78, 5) is 35.2. The van der Waals surface area contributed by atoms with Crippen molar-refractivity contribution >= 4 is 17.5 Å². The molecule has 3 atom stereocenters. The number of hydrogen-bond acceptors (Lipinski definition) is 8. The Bertz CT molecular complexity index is 1070. The fraction of sp³-hybridized carbons (Fsp3) is 0.391. The second-order valence-corrected chi connectivity index (χ2v) is 8.71. The van der Waals surface area contributed by atoms with Gasteiger partial charge in [0.2, 0.25) is 0 Å². The van der Waals surface area contributed by atoms with E-state index in [4.69, 9.17) is 0 Å². The molecule has 0 spiro atoms. The number of fused-ring (bicyclic) bond motifs is 1. The van der Waals surface area contributed by atoms with Gasteiger partial charge >= 0.3 is 0 Å². The number of carbonyl (C=O) groups is 2. The van der Waals surface area contributed by atoms with Gasteiger partial charge in [-0.1, -0.05) is 18.2 Å². The number of aliphatic hydroxyl groups excluding tert-OH is 2. The third-order valence-corrected chi connectivity index (χ3v) is 6.12. The van der Waals surface area contributed by atoms with E-state index in [1.807, 2.05) is 41.6 Å². The van der Waals surface area contributed by atoms with Crippen molar-refractivity contribution in [2.24, 2.45) is 0 Å². The van der Waals surface area contributed by atoms with Gasteiger partial charge in [-0.05, 0) is 38.5 Å². The van der Waals surface area contributed by atoms with E-state index >= 15 is 0 Å². The topological polar surface area (TPSA) is 131 Å². The third kappa shape index (κ3) is 4.32. The molecule has 0 unspecified atom stereocenters. The van der Waals surface area contributed by atoms with Crippen LogP contribution in [0.2, 0.25) is 0 Å². The first-order valence-corrected chi connectivity index (χ1v) is 10.8. The lowest BCUT2D eigenvalue weighted by atomic mass is 9.99. The number of amides is 2. The molecule has 33 heavy (non-hydrogen) atoms. The van der Waals surface area contributed by atoms with Crippen LogP contribution in [0, 0.1) is 0 Å². The third-order valence-electron chi connectivity index (χ3n) is 6.12. The normalized spacial score (nSPS) is 19.2. The van der Waals surface area contributed by atoms with Gasteiger partial charge in [0.25, 0.3) is 11.8 Å². The Balaban J connectivity index is 1.38. The summed E-state index contributed by atoms with van der Waals surface area (Å²) < 4.78 is 0. The second-order valence-electron chi connectivity index (χ2n) is 8.71. The van der Waals surface area contributed by atoms with Crippen molar-refractivity contribution in [3.05, 3.63) is 65.9 Å². The Morgan fingerprint density at radius 3 is 2.55 bits per heavy atom. The number of aromatic nitrogens is 2. The van der Waals surface area contributed by atoms with Gasteiger partial charge < -0.3 is 20.4 Å². The molecule has 2 aliphatic rings. The number of carbonyl (C=O) groups excluding carboxylic acids is 2. The standard InChI is InChI=1S/C23H28N6O4/c1-14(15-5-7-17(8-6-15)29-10-4-9-26-29)27-21(32)18(30)19(31)22(33)28-12-16-11-24-13-25-20(16)23(28,2)3/h4-8,10-11,13-14,18-19,26,30-31H,9,12H2,1-3H3,(H,27,32)/t14-,18-,19-/m1/s1. The van der Waals surface area contributed by atoms with Crippen molar-refractivity contribution in [3.63, 3.8) is 0 Å². The van der Waals surface area contributed by atoms with Gasteiger partial charge in [-0.15, -0.1) is 0 Å². The van der Waals surface area contributed by atoms with Crippen LogP contribution >= 0.6 is 0 Å². The maximum atomic E-state index is 13.0. The zero-order valence-corrected chi connectivity index (χ0v) is 18.8. The predicted molar refractivity (Wildman–Crippen MR) is 120 cm³/mol. The molecule has 0 saturated carbocycles. The van der Waals surface area contributed by atoms with Gasteiger partial charge in [0.15, 0.2) is 12.2 Å². The van der Waals surface area contributed by atoms with Crippen LogP contribution in [-0.2, 0) is 21.7 Å². The summed E-state index contributed by atoms with van der Waals surface area (Å²) in [5.74, 6) is -1.57. The molecule has 1 aromatic carbocycles. The van der Waals surface area contributed by atoms with Crippen LogP contribution in [0.4, 0.5) is 5.69 Å². The maximum absolute atomic E-state index is 13.0. The molecule has 10 heteroatoms. The minimum absolute atomic E-state index is 0.192. The molecule has 10 nitrogen and oxygen atoms in total. The van der Waals surface area contributed by atoms with E-state index in [1.54, 1.807) is 27.0 Å². The minimum atomic E-state index is -1.91. The highest BCUT2D eigenvalue weighted by Crippen LogP contribution is 2.37. The number of nitrogens with one attached hydrogen (secondary N) is 2. The van der Waals surface area contributed by atoms with Gasteiger partial charge in [0.1, 0.15) is 6.33 Å². The number of hydrogen-bond donors (Lipinski definition) is 4. The van der Waals surface area contributed by atoms with E-state index in [2.05, 4.69) is 20.7 Å². The van der Waals surface area contributed by atoms with E-state index in [1.165, 1.54) is 11.2 Å². The molecular formula is C23H28N6O4.